The number of ether oxygens (including phenoxy) is 1. The van der Waals surface area contributed by atoms with E-state index in [0.29, 0.717) is 49.0 Å². The number of nitro groups is 1. The molecule has 0 spiro atoms. The highest BCUT2D eigenvalue weighted by Crippen LogP contribution is 2.31. The van der Waals surface area contributed by atoms with Gasteiger partial charge in [-0.3, -0.25) is 10.1 Å². The maximum Gasteiger partial charge on any atom is 0.293 e. The number of nitro benzene ring substituents is 1. The van der Waals surface area contributed by atoms with Crippen molar-refractivity contribution < 1.29 is 9.66 Å². The van der Waals surface area contributed by atoms with Crippen LogP contribution in [-0.2, 0) is 4.74 Å². The van der Waals surface area contributed by atoms with E-state index in [9.17, 15) is 15.4 Å². The van der Waals surface area contributed by atoms with Gasteiger partial charge in [-0.2, -0.15) is 5.26 Å². The van der Waals surface area contributed by atoms with E-state index in [0.717, 1.165) is 22.2 Å². The summed E-state index contributed by atoms with van der Waals surface area (Å²) in [5.41, 5.74) is 5.35. The molecule has 1 N–H and O–H groups in total. The maximum atomic E-state index is 11.7. The first-order chi connectivity index (χ1) is 14.5. The van der Waals surface area contributed by atoms with Crippen molar-refractivity contribution in [3.8, 4) is 6.07 Å². The molecule has 0 atom stereocenters. The predicted molar refractivity (Wildman–Crippen MR) is 115 cm³/mol. The molecule has 4 rings (SSSR count). The third kappa shape index (κ3) is 3.75. The van der Waals surface area contributed by atoms with Crippen LogP contribution in [0.1, 0.15) is 22.5 Å². The van der Waals surface area contributed by atoms with Gasteiger partial charge in [-0.15, -0.1) is 0 Å². The van der Waals surface area contributed by atoms with Crippen molar-refractivity contribution in [3.63, 3.8) is 0 Å². The van der Waals surface area contributed by atoms with Crippen molar-refractivity contribution in [2.45, 2.75) is 13.8 Å². The fraction of sp³-hybridized carbons (Fsp3) is 0.273. The van der Waals surface area contributed by atoms with Crippen LogP contribution in [0.2, 0.25) is 0 Å². The molecule has 152 valence electrons. The lowest BCUT2D eigenvalue weighted by molar-refractivity contribution is -0.384. The Bertz CT molecular complexity index is 1160. The van der Waals surface area contributed by atoms with Gasteiger partial charge in [0, 0.05) is 19.2 Å². The molecule has 0 bridgehead atoms. The summed E-state index contributed by atoms with van der Waals surface area (Å²) in [6, 6.07) is 11.1. The van der Waals surface area contributed by atoms with Gasteiger partial charge in [0.25, 0.3) is 5.69 Å². The zero-order valence-electron chi connectivity index (χ0n) is 16.8. The third-order valence-electron chi connectivity index (χ3n) is 5.33. The first-order valence-electron chi connectivity index (χ1n) is 9.66. The summed E-state index contributed by atoms with van der Waals surface area (Å²) in [5.74, 6) is 0.442. The van der Waals surface area contributed by atoms with Crippen molar-refractivity contribution in [3.05, 3.63) is 63.0 Å². The lowest BCUT2D eigenvalue weighted by atomic mass is 10.1. The number of nitrogens with zero attached hydrogens (tertiary/aromatic N) is 4. The number of aryl methyl sites for hydroxylation is 2. The number of rotatable bonds is 4. The quantitative estimate of drug-likeness (QED) is 0.401. The van der Waals surface area contributed by atoms with E-state index in [1.54, 1.807) is 18.2 Å². The molecular formula is C22H21N5O3. The molecular weight excluding hydrogens is 382 g/mol. The van der Waals surface area contributed by atoms with Crippen LogP contribution in [0.25, 0.3) is 22.7 Å². The van der Waals surface area contributed by atoms with Gasteiger partial charge in [0.05, 0.1) is 34.7 Å². The molecule has 0 unspecified atom stereocenters. The number of allylic oxidation sites excluding steroid dienone is 1. The molecule has 2 aromatic carbocycles. The molecule has 30 heavy (non-hydrogen) atoms. The zero-order valence-corrected chi connectivity index (χ0v) is 16.8. The highest BCUT2D eigenvalue weighted by molar-refractivity contribution is 5.91. The van der Waals surface area contributed by atoms with Crippen LogP contribution in [0.15, 0.2) is 30.3 Å². The Morgan fingerprint density at radius 2 is 2.00 bits per heavy atom. The average molecular weight is 403 g/mol. The number of H-pyrrole nitrogens is 1. The Labute approximate surface area is 173 Å². The molecule has 1 saturated heterocycles. The van der Waals surface area contributed by atoms with Crippen LogP contribution >= 0.6 is 0 Å². The molecule has 1 aromatic heterocycles. The second-order valence-electron chi connectivity index (χ2n) is 7.31. The van der Waals surface area contributed by atoms with Gasteiger partial charge in [0.2, 0.25) is 0 Å². The number of nitriles is 1. The Morgan fingerprint density at radius 3 is 2.70 bits per heavy atom. The fourth-order valence-corrected chi connectivity index (χ4v) is 3.57. The number of aromatic amines is 1. The summed E-state index contributed by atoms with van der Waals surface area (Å²) in [6.45, 7) is 6.34. The van der Waals surface area contributed by atoms with Crippen LogP contribution in [-0.4, -0.2) is 41.2 Å². The Balaban J connectivity index is 1.72. The van der Waals surface area contributed by atoms with Gasteiger partial charge in [-0.25, -0.2) is 4.98 Å². The highest BCUT2D eigenvalue weighted by Gasteiger charge is 2.22. The summed E-state index contributed by atoms with van der Waals surface area (Å²) in [6.07, 6.45) is 1.62. The number of imidazole rings is 1. The Kier molecular flexibility index (Phi) is 5.21. The third-order valence-corrected chi connectivity index (χ3v) is 5.33. The van der Waals surface area contributed by atoms with E-state index in [2.05, 4.69) is 16.0 Å². The highest BCUT2D eigenvalue weighted by atomic mass is 16.6. The predicted octanol–water partition coefficient (Wildman–Crippen LogP) is 3.99. The van der Waals surface area contributed by atoms with Crippen LogP contribution < -0.4 is 4.90 Å². The van der Waals surface area contributed by atoms with Crippen molar-refractivity contribution in [1.82, 2.24) is 9.97 Å². The monoisotopic (exact) mass is 403 g/mol. The van der Waals surface area contributed by atoms with E-state index >= 15 is 0 Å². The van der Waals surface area contributed by atoms with Gasteiger partial charge in [0.1, 0.15) is 17.6 Å². The molecule has 0 radical (unpaired) electrons. The molecule has 1 aliphatic rings. The van der Waals surface area contributed by atoms with Gasteiger partial charge in [0.15, 0.2) is 0 Å². The summed E-state index contributed by atoms with van der Waals surface area (Å²) in [4.78, 5) is 20.9. The van der Waals surface area contributed by atoms with Crippen molar-refractivity contribution in [2.24, 2.45) is 0 Å². The molecule has 0 saturated carbocycles. The number of benzene rings is 2. The molecule has 8 heteroatoms. The Hall–Kier alpha value is -3.70. The number of hydrogen-bond acceptors (Lipinski definition) is 6. The summed E-state index contributed by atoms with van der Waals surface area (Å²) in [5, 5.41) is 21.3. The van der Waals surface area contributed by atoms with Crippen LogP contribution in [0, 0.1) is 35.3 Å². The minimum Gasteiger partial charge on any atom is -0.378 e. The smallest absolute Gasteiger partial charge is 0.293 e. The minimum absolute atomic E-state index is 0.0128. The van der Waals surface area contributed by atoms with Crippen molar-refractivity contribution >= 4 is 34.1 Å². The second kappa shape index (κ2) is 7.97. The molecule has 1 aliphatic heterocycles. The number of fused-ring (bicyclic) bond motifs is 1. The largest absolute Gasteiger partial charge is 0.378 e. The molecule has 1 fully saturated rings. The van der Waals surface area contributed by atoms with Crippen molar-refractivity contribution in [1.29, 1.82) is 5.26 Å². The molecule has 8 nitrogen and oxygen atoms in total. The topological polar surface area (TPSA) is 108 Å². The average Bonchev–Trinajstić information content (AvgIpc) is 3.15. The summed E-state index contributed by atoms with van der Waals surface area (Å²) >= 11 is 0. The lowest BCUT2D eigenvalue weighted by Crippen LogP contribution is -2.36. The van der Waals surface area contributed by atoms with Crippen LogP contribution in [0.4, 0.5) is 11.4 Å². The van der Waals surface area contributed by atoms with Crippen LogP contribution in [0.5, 0.6) is 0 Å². The zero-order chi connectivity index (χ0) is 21.3. The van der Waals surface area contributed by atoms with Crippen molar-refractivity contribution in [2.75, 3.05) is 31.2 Å². The van der Waals surface area contributed by atoms with Gasteiger partial charge < -0.3 is 14.6 Å². The van der Waals surface area contributed by atoms with Gasteiger partial charge >= 0.3 is 0 Å². The first kappa shape index (κ1) is 19.6. The lowest BCUT2D eigenvalue weighted by Gasteiger charge is -2.28. The summed E-state index contributed by atoms with van der Waals surface area (Å²) in [7, 11) is 0. The van der Waals surface area contributed by atoms with E-state index in [-0.39, 0.29) is 10.6 Å². The standard InChI is InChI=1S/C22H21N5O3/c1-14-9-18-19(10-15(14)2)25-22(24-18)17(13-23)11-16-3-4-20(21(12-16)27(28)29)26-5-7-30-8-6-26/h3-4,9-12H,5-8H2,1-2H3,(H,24,25)/b17-11+. The Morgan fingerprint density at radius 1 is 1.27 bits per heavy atom. The van der Waals surface area contributed by atoms with E-state index in [1.165, 1.54) is 6.07 Å². The van der Waals surface area contributed by atoms with E-state index < -0.39 is 0 Å². The number of hydrogen-bond donors (Lipinski definition) is 1. The normalized spacial score (nSPS) is 14.7. The SMILES string of the molecule is Cc1cc2nc(/C(C#N)=C/c3ccc(N4CCOCC4)c([N+](=O)[O-])c3)[nH]c2cc1C. The second-order valence-corrected chi connectivity index (χ2v) is 7.31. The number of morpholine rings is 1. The number of nitrogens with one attached hydrogen (secondary N) is 1. The van der Waals surface area contributed by atoms with E-state index in [1.807, 2.05) is 30.9 Å². The first-order valence-corrected chi connectivity index (χ1v) is 9.66. The minimum atomic E-state index is -0.388. The van der Waals surface area contributed by atoms with E-state index in [4.69, 9.17) is 4.74 Å². The van der Waals surface area contributed by atoms with Crippen LogP contribution in [0.3, 0.4) is 0 Å². The molecule has 2 heterocycles. The summed E-state index contributed by atoms with van der Waals surface area (Å²) < 4.78 is 5.33. The molecule has 0 aliphatic carbocycles. The number of anilines is 1. The number of aromatic nitrogens is 2. The molecule has 0 amide bonds. The van der Waals surface area contributed by atoms with Gasteiger partial charge in [-0.1, -0.05) is 6.07 Å². The maximum absolute atomic E-state index is 11.7. The molecule has 3 aromatic rings. The van der Waals surface area contributed by atoms with Gasteiger partial charge in [-0.05, 0) is 54.8 Å². The fourth-order valence-electron chi connectivity index (χ4n) is 3.57.